The second kappa shape index (κ2) is 5.79. The topological polar surface area (TPSA) is 110 Å². The number of hydrogen-bond donors (Lipinski definition) is 3. The van der Waals surface area contributed by atoms with Crippen molar-refractivity contribution >= 4 is 9.84 Å². The highest BCUT2D eigenvalue weighted by atomic mass is 32.2. The van der Waals surface area contributed by atoms with Gasteiger partial charge >= 0.3 is 5.51 Å². The first-order chi connectivity index (χ1) is 10.8. The third-order valence-electron chi connectivity index (χ3n) is 3.36. The molecule has 2 atom stereocenters. The summed E-state index contributed by atoms with van der Waals surface area (Å²) in [4.78, 5) is -1.46. The first-order valence-corrected chi connectivity index (χ1v) is 7.87. The molecule has 2 unspecified atom stereocenters. The summed E-state index contributed by atoms with van der Waals surface area (Å²) in [7, 11) is -5.96. The number of aliphatic hydroxyl groups excluding tert-OH is 2. The van der Waals surface area contributed by atoms with Gasteiger partial charge in [-0.05, 0) is 12.1 Å². The number of hydrogen-bond acceptors (Lipinski definition) is 6. The Bertz CT molecular complexity index is 747. The van der Waals surface area contributed by atoms with Crippen molar-refractivity contribution in [2.24, 2.45) is 5.73 Å². The Labute approximate surface area is 132 Å². The van der Waals surface area contributed by atoms with Crippen molar-refractivity contribution < 1.29 is 45.3 Å². The predicted molar refractivity (Wildman–Crippen MR) is 69.0 cm³/mol. The lowest BCUT2D eigenvalue weighted by atomic mass is 10.1. The highest BCUT2D eigenvalue weighted by molar-refractivity contribution is 7.92. The number of fused-ring (bicyclic) bond motifs is 1. The largest absolute Gasteiger partial charge is 0.501 e. The molecule has 1 aliphatic carbocycles. The van der Waals surface area contributed by atoms with Crippen LogP contribution >= 0.6 is 0 Å². The van der Waals surface area contributed by atoms with Crippen LogP contribution in [-0.4, -0.2) is 42.9 Å². The van der Waals surface area contributed by atoms with Gasteiger partial charge < -0.3 is 20.7 Å². The minimum Gasteiger partial charge on any atom is -0.489 e. The van der Waals surface area contributed by atoms with Crippen LogP contribution in [0.2, 0.25) is 0 Å². The maximum Gasteiger partial charge on any atom is 0.501 e. The second-order valence-corrected chi connectivity index (χ2v) is 7.03. The molecule has 1 aromatic rings. The Morgan fingerprint density at radius 3 is 2.46 bits per heavy atom. The molecule has 0 aliphatic heterocycles. The fourth-order valence-electron chi connectivity index (χ4n) is 2.32. The van der Waals surface area contributed by atoms with Crippen LogP contribution in [0.3, 0.4) is 0 Å². The van der Waals surface area contributed by atoms with Crippen molar-refractivity contribution in [2.45, 2.75) is 35.1 Å². The lowest BCUT2D eigenvalue weighted by Crippen LogP contribution is -2.27. The number of sulfone groups is 1. The number of alkyl halides is 5. The third-order valence-corrected chi connectivity index (χ3v) is 4.91. The Morgan fingerprint density at radius 2 is 1.96 bits per heavy atom. The van der Waals surface area contributed by atoms with E-state index in [0.717, 1.165) is 6.07 Å². The van der Waals surface area contributed by atoms with Crippen molar-refractivity contribution in [3.8, 4) is 5.75 Å². The van der Waals surface area contributed by atoms with Gasteiger partial charge in [0.1, 0.15) is 24.7 Å². The summed E-state index contributed by atoms with van der Waals surface area (Å²) in [5, 5.41) is 18.5. The van der Waals surface area contributed by atoms with E-state index in [0.29, 0.717) is 6.07 Å². The van der Waals surface area contributed by atoms with Gasteiger partial charge in [0.15, 0.2) is 0 Å². The van der Waals surface area contributed by atoms with Gasteiger partial charge in [-0.2, -0.15) is 13.2 Å². The second-order valence-electron chi connectivity index (χ2n) is 5.12. The fraction of sp³-hybridized carbons (Fsp3) is 0.500. The van der Waals surface area contributed by atoms with E-state index in [4.69, 9.17) is 15.6 Å². The molecule has 0 bridgehead atoms. The van der Waals surface area contributed by atoms with Gasteiger partial charge in [-0.25, -0.2) is 17.2 Å². The summed E-state index contributed by atoms with van der Waals surface area (Å²) in [6.07, 6.45) is -5.46. The smallest absolute Gasteiger partial charge is 0.489 e. The molecule has 0 spiro atoms. The summed E-state index contributed by atoms with van der Waals surface area (Å²) in [5.41, 5.74) is -2.37. The highest BCUT2D eigenvalue weighted by Gasteiger charge is 2.55. The number of aliphatic hydroxyl groups is 2. The number of nitrogens with two attached hydrogens (primary N) is 1. The van der Waals surface area contributed by atoms with E-state index in [2.05, 4.69) is 0 Å². The summed E-state index contributed by atoms with van der Waals surface area (Å²) in [6, 6.07) is 1.17. The van der Waals surface area contributed by atoms with Gasteiger partial charge in [0.2, 0.25) is 0 Å². The minimum absolute atomic E-state index is 0.396. The van der Waals surface area contributed by atoms with Crippen LogP contribution in [0, 0.1) is 0 Å². The Kier molecular flexibility index (Phi) is 4.54. The van der Waals surface area contributed by atoms with Gasteiger partial charge in [-0.1, -0.05) is 0 Å². The first-order valence-electron chi connectivity index (χ1n) is 6.38. The standard InChI is InChI=1S/C12H12F5NO5S/c13-11(14)3-5-6(23-4-8(18)19)1-2-7(9(5)10(11)20)24(21,22)12(15,16)17/h1-2,8,10,19-20H,3-4,18H2. The summed E-state index contributed by atoms with van der Waals surface area (Å²) in [6.45, 7) is -0.570. The lowest BCUT2D eigenvalue weighted by Gasteiger charge is -2.18. The maximum absolute atomic E-state index is 13.7. The van der Waals surface area contributed by atoms with E-state index in [1.54, 1.807) is 0 Å². The summed E-state index contributed by atoms with van der Waals surface area (Å²) >= 11 is 0. The number of benzene rings is 1. The van der Waals surface area contributed by atoms with Crippen LogP contribution < -0.4 is 10.5 Å². The van der Waals surface area contributed by atoms with Crippen LogP contribution in [0.5, 0.6) is 5.75 Å². The molecule has 0 amide bonds. The van der Waals surface area contributed by atoms with Gasteiger partial charge in [0.05, 0.1) is 4.90 Å². The molecule has 6 nitrogen and oxygen atoms in total. The third kappa shape index (κ3) is 3.06. The number of halogens is 5. The summed E-state index contributed by atoms with van der Waals surface area (Å²) < 4.78 is 93.6. The molecule has 0 aromatic heterocycles. The van der Waals surface area contributed by atoms with Crippen LogP contribution in [0.4, 0.5) is 22.0 Å². The van der Waals surface area contributed by atoms with Crippen molar-refractivity contribution in [3.63, 3.8) is 0 Å². The number of ether oxygens (including phenoxy) is 1. The van der Waals surface area contributed by atoms with Gasteiger partial charge in [-0.3, -0.25) is 0 Å². The van der Waals surface area contributed by atoms with E-state index >= 15 is 0 Å². The van der Waals surface area contributed by atoms with E-state index in [-0.39, 0.29) is 0 Å². The zero-order valence-electron chi connectivity index (χ0n) is 11.7. The molecule has 136 valence electrons. The zero-order valence-corrected chi connectivity index (χ0v) is 12.5. The van der Waals surface area contributed by atoms with Crippen LogP contribution in [0.25, 0.3) is 0 Å². The van der Waals surface area contributed by atoms with Crippen LogP contribution in [0.15, 0.2) is 17.0 Å². The Morgan fingerprint density at radius 1 is 1.38 bits per heavy atom. The summed E-state index contributed by atoms with van der Waals surface area (Å²) in [5.74, 6) is -4.27. The van der Waals surface area contributed by atoms with E-state index in [1.165, 1.54) is 0 Å². The molecule has 0 radical (unpaired) electrons. The van der Waals surface area contributed by atoms with E-state index < -0.39 is 68.4 Å². The lowest BCUT2D eigenvalue weighted by molar-refractivity contribution is -0.0978. The normalized spacial score (nSPS) is 21.4. The van der Waals surface area contributed by atoms with Crippen molar-refractivity contribution in [1.82, 2.24) is 0 Å². The monoisotopic (exact) mass is 377 g/mol. The Hall–Kier alpha value is -1.50. The molecule has 0 saturated carbocycles. The van der Waals surface area contributed by atoms with E-state index in [1.807, 2.05) is 0 Å². The van der Waals surface area contributed by atoms with Crippen molar-refractivity contribution in [3.05, 3.63) is 23.3 Å². The molecule has 0 saturated heterocycles. The quantitative estimate of drug-likeness (QED) is 0.530. The van der Waals surface area contributed by atoms with Crippen molar-refractivity contribution in [1.29, 1.82) is 0 Å². The highest BCUT2D eigenvalue weighted by Crippen LogP contribution is 2.50. The van der Waals surface area contributed by atoms with Gasteiger partial charge in [0, 0.05) is 17.5 Å². The molecule has 24 heavy (non-hydrogen) atoms. The molecule has 1 aliphatic rings. The molecule has 0 fully saturated rings. The SMILES string of the molecule is NC(O)COc1ccc(S(=O)(=O)C(F)(F)F)c2c1CC(F)(F)C2O. The predicted octanol–water partition coefficient (Wildman–Crippen LogP) is 0.861. The van der Waals surface area contributed by atoms with Gasteiger partial charge in [0.25, 0.3) is 15.8 Å². The van der Waals surface area contributed by atoms with Gasteiger partial charge in [-0.15, -0.1) is 0 Å². The van der Waals surface area contributed by atoms with Crippen LogP contribution in [-0.2, 0) is 16.3 Å². The molecule has 1 aromatic carbocycles. The molecule has 2 rings (SSSR count). The van der Waals surface area contributed by atoms with Crippen LogP contribution in [0.1, 0.15) is 17.2 Å². The molecule has 4 N–H and O–H groups in total. The minimum atomic E-state index is -5.96. The molecule has 0 heterocycles. The molecular weight excluding hydrogens is 365 g/mol. The first kappa shape index (κ1) is 18.8. The molecular formula is C12H12F5NO5S. The maximum atomic E-state index is 13.7. The average Bonchev–Trinajstić information content (AvgIpc) is 2.66. The Balaban J connectivity index is 2.65. The fourth-order valence-corrected chi connectivity index (χ4v) is 3.34. The van der Waals surface area contributed by atoms with E-state index in [9.17, 15) is 35.5 Å². The molecule has 12 heteroatoms. The zero-order chi connectivity index (χ0) is 18.5. The average molecular weight is 377 g/mol. The number of rotatable bonds is 4. The van der Waals surface area contributed by atoms with Crippen molar-refractivity contribution in [2.75, 3.05) is 6.61 Å².